The van der Waals surface area contributed by atoms with Crippen LogP contribution in [0.15, 0.2) is 48.7 Å². The Kier molecular flexibility index (Phi) is 4.93. The van der Waals surface area contributed by atoms with Gasteiger partial charge in [0.05, 0.1) is 12.3 Å². The van der Waals surface area contributed by atoms with Crippen molar-refractivity contribution < 1.29 is 9.84 Å². The van der Waals surface area contributed by atoms with Crippen LogP contribution in [-0.2, 0) is 0 Å². The number of aliphatic hydroxyl groups excluding tert-OH is 1. The molecule has 0 radical (unpaired) electrons. The van der Waals surface area contributed by atoms with E-state index in [0.717, 1.165) is 30.8 Å². The Labute approximate surface area is 113 Å². The summed E-state index contributed by atoms with van der Waals surface area (Å²) in [6.07, 6.45) is 3.17. The van der Waals surface area contributed by atoms with Gasteiger partial charge in [0.1, 0.15) is 11.9 Å². The van der Waals surface area contributed by atoms with E-state index in [-0.39, 0.29) is 0 Å². The Hall–Kier alpha value is -1.87. The number of ether oxygens (including phenoxy) is 1. The molecule has 0 amide bonds. The molecule has 3 nitrogen and oxygen atoms in total. The molecule has 2 rings (SSSR count). The molecule has 0 spiro atoms. The Bertz CT molecular complexity index is 482. The first-order valence-electron chi connectivity index (χ1n) is 6.63. The van der Waals surface area contributed by atoms with Crippen LogP contribution in [0.3, 0.4) is 0 Å². The van der Waals surface area contributed by atoms with Crippen molar-refractivity contribution in [3.05, 3.63) is 59.9 Å². The predicted octanol–water partition coefficient (Wildman–Crippen LogP) is 3.34. The van der Waals surface area contributed by atoms with Crippen LogP contribution in [-0.4, -0.2) is 16.7 Å². The van der Waals surface area contributed by atoms with Crippen LogP contribution >= 0.6 is 0 Å². The Morgan fingerprint density at radius 3 is 2.58 bits per heavy atom. The molecule has 0 aliphatic carbocycles. The summed E-state index contributed by atoms with van der Waals surface area (Å²) < 4.78 is 5.59. The van der Waals surface area contributed by atoms with Crippen molar-refractivity contribution in [1.29, 1.82) is 0 Å². The van der Waals surface area contributed by atoms with Gasteiger partial charge in [0, 0.05) is 6.20 Å². The molecule has 0 aliphatic rings. The molecule has 0 fully saturated rings. The largest absolute Gasteiger partial charge is 0.494 e. The van der Waals surface area contributed by atoms with Gasteiger partial charge in [-0.05, 0) is 36.2 Å². The summed E-state index contributed by atoms with van der Waals surface area (Å²) in [5.74, 6) is 0.838. The summed E-state index contributed by atoms with van der Waals surface area (Å²) in [4.78, 5) is 4.16. The molecule has 0 unspecified atom stereocenters. The first-order valence-corrected chi connectivity index (χ1v) is 6.63. The lowest BCUT2D eigenvalue weighted by Crippen LogP contribution is -2.02. The maximum atomic E-state index is 10.2. The zero-order valence-electron chi connectivity index (χ0n) is 11.1. The average molecular weight is 257 g/mol. The van der Waals surface area contributed by atoms with Crippen molar-refractivity contribution in [3.63, 3.8) is 0 Å². The molecule has 2 aromatic rings. The molecule has 0 saturated carbocycles. The zero-order valence-corrected chi connectivity index (χ0v) is 11.1. The summed E-state index contributed by atoms with van der Waals surface area (Å²) >= 11 is 0. The topological polar surface area (TPSA) is 42.4 Å². The molecular weight excluding hydrogens is 238 g/mol. The van der Waals surface area contributed by atoms with Crippen molar-refractivity contribution in [2.24, 2.45) is 0 Å². The molecule has 1 heterocycles. The highest BCUT2D eigenvalue weighted by Gasteiger charge is 2.10. The van der Waals surface area contributed by atoms with Gasteiger partial charge in [-0.2, -0.15) is 0 Å². The Morgan fingerprint density at radius 2 is 1.95 bits per heavy atom. The third-order valence-electron chi connectivity index (χ3n) is 2.93. The van der Waals surface area contributed by atoms with E-state index in [1.54, 1.807) is 6.20 Å². The van der Waals surface area contributed by atoms with E-state index in [1.165, 1.54) is 0 Å². The highest BCUT2D eigenvalue weighted by atomic mass is 16.5. The van der Waals surface area contributed by atoms with Gasteiger partial charge in [0.15, 0.2) is 0 Å². The minimum atomic E-state index is -0.689. The van der Waals surface area contributed by atoms with E-state index >= 15 is 0 Å². The van der Waals surface area contributed by atoms with E-state index in [4.69, 9.17) is 4.74 Å². The van der Waals surface area contributed by atoms with E-state index < -0.39 is 6.10 Å². The molecule has 1 N–H and O–H groups in total. The number of benzene rings is 1. The molecule has 0 bridgehead atoms. The number of hydrogen-bond donors (Lipinski definition) is 1. The van der Waals surface area contributed by atoms with E-state index in [0.29, 0.717) is 5.69 Å². The minimum absolute atomic E-state index is 0.655. The van der Waals surface area contributed by atoms with Crippen LogP contribution in [0.25, 0.3) is 0 Å². The molecule has 1 aromatic carbocycles. The van der Waals surface area contributed by atoms with Crippen LogP contribution in [0.1, 0.15) is 37.1 Å². The van der Waals surface area contributed by atoms with Crippen molar-refractivity contribution in [1.82, 2.24) is 4.98 Å². The maximum Gasteiger partial charge on any atom is 0.121 e. The molecule has 3 heteroatoms. The van der Waals surface area contributed by atoms with E-state index in [2.05, 4.69) is 11.9 Å². The number of pyridine rings is 1. The van der Waals surface area contributed by atoms with Gasteiger partial charge in [-0.1, -0.05) is 31.5 Å². The number of hydrogen-bond acceptors (Lipinski definition) is 3. The fourth-order valence-electron chi connectivity index (χ4n) is 1.79. The van der Waals surface area contributed by atoms with Crippen LogP contribution in [0.4, 0.5) is 0 Å². The standard InChI is InChI=1S/C16H19NO2/c1-2-3-12-19-14-9-7-13(8-10-14)16(18)15-6-4-5-11-17-15/h4-11,16,18H,2-3,12H2,1H3/t16-/m0/s1. The summed E-state index contributed by atoms with van der Waals surface area (Å²) in [7, 11) is 0. The van der Waals surface area contributed by atoms with Gasteiger partial charge in [0.2, 0.25) is 0 Å². The quantitative estimate of drug-likeness (QED) is 0.807. The molecule has 1 atom stereocenters. The highest BCUT2D eigenvalue weighted by Crippen LogP contribution is 2.22. The predicted molar refractivity (Wildman–Crippen MR) is 75.1 cm³/mol. The summed E-state index contributed by atoms with van der Waals surface area (Å²) in [5.41, 5.74) is 1.48. The number of rotatable bonds is 6. The van der Waals surface area contributed by atoms with E-state index in [1.807, 2.05) is 42.5 Å². The van der Waals surface area contributed by atoms with Gasteiger partial charge in [-0.25, -0.2) is 0 Å². The number of aromatic nitrogens is 1. The normalized spacial score (nSPS) is 12.1. The SMILES string of the molecule is CCCCOc1ccc([C@H](O)c2ccccn2)cc1. The van der Waals surface area contributed by atoms with E-state index in [9.17, 15) is 5.11 Å². The fraction of sp³-hybridized carbons (Fsp3) is 0.312. The molecule has 0 saturated heterocycles. The monoisotopic (exact) mass is 257 g/mol. The molecule has 19 heavy (non-hydrogen) atoms. The summed E-state index contributed by atoms with van der Waals surface area (Å²) in [6.45, 7) is 2.87. The summed E-state index contributed by atoms with van der Waals surface area (Å²) in [6, 6.07) is 13.0. The lowest BCUT2D eigenvalue weighted by Gasteiger charge is -2.11. The van der Waals surface area contributed by atoms with Gasteiger partial charge >= 0.3 is 0 Å². The number of aliphatic hydroxyl groups is 1. The van der Waals surface area contributed by atoms with Crippen LogP contribution < -0.4 is 4.74 Å². The minimum Gasteiger partial charge on any atom is -0.494 e. The third-order valence-corrected chi connectivity index (χ3v) is 2.93. The second-order valence-electron chi connectivity index (χ2n) is 4.43. The third kappa shape index (κ3) is 3.80. The first kappa shape index (κ1) is 13.6. The first-order chi connectivity index (χ1) is 9.31. The lowest BCUT2D eigenvalue weighted by molar-refractivity contribution is 0.215. The van der Waals surface area contributed by atoms with Gasteiger partial charge < -0.3 is 9.84 Å². The van der Waals surface area contributed by atoms with Gasteiger partial charge in [-0.3, -0.25) is 4.98 Å². The molecular formula is C16H19NO2. The lowest BCUT2D eigenvalue weighted by atomic mass is 10.1. The van der Waals surface area contributed by atoms with Gasteiger partial charge in [-0.15, -0.1) is 0 Å². The average Bonchev–Trinajstić information content (AvgIpc) is 2.48. The Morgan fingerprint density at radius 1 is 1.16 bits per heavy atom. The molecule has 1 aromatic heterocycles. The highest BCUT2D eigenvalue weighted by molar-refractivity contribution is 5.31. The van der Waals surface area contributed by atoms with Crippen molar-refractivity contribution in [2.75, 3.05) is 6.61 Å². The zero-order chi connectivity index (χ0) is 13.5. The Balaban J connectivity index is 2.02. The van der Waals surface area contributed by atoms with Crippen molar-refractivity contribution in [2.45, 2.75) is 25.9 Å². The number of nitrogens with zero attached hydrogens (tertiary/aromatic N) is 1. The molecule has 100 valence electrons. The van der Waals surface area contributed by atoms with Crippen LogP contribution in [0.2, 0.25) is 0 Å². The fourth-order valence-corrected chi connectivity index (χ4v) is 1.79. The molecule has 0 aliphatic heterocycles. The summed E-state index contributed by atoms with van der Waals surface area (Å²) in [5, 5.41) is 10.2. The van der Waals surface area contributed by atoms with Crippen LogP contribution in [0, 0.1) is 0 Å². The van der Waals surface area contributed by atoms with Crippen LogP contribution in [0.5, 0.6) is 5.75 Å². The number of unbranched alkanes of at least 4 members (excludes halogenated alkanes) is 1. The van der Waals surface area contributed by atoms with Crippen molar-refractivity contribution in [3.8, 4) is 5.75 Å². The second-order valence-corrected chi connectivity index (χ2v) is 4.43. The van der Waals surface area contributed by atoms with Gasteiger partial charge in [0.25, 0.3) is 0 Å². The smallest absolute Gasteiger partial charge is 0.121 e. The second kappa shape index (κ2) is 6.90. The maximum absolute atomic E-state index is 10.2. The van der Waals surface area contributed by atoms with Crippen molar-refractivity contribution >= 4 is 0 Å².